The molecule has 0 unspecified atom stereocenters. The van der Waals surface area contributed by atoms with Gasteiger partial charge >= 0.3 is 5.97 Å². The van der Waals surface area contributed by atoms with E-state index in [2.05, 4.69) is 15.3 Å². The number of fused-ring (bicyclic) bond motifs is 1. The number of anilines is 2. The fraction of sp³-hybridized carbons (Fsp3) is 0. The quantitative estimate of drug-likeness (QED) is 0.500. The van der Waals surface area contributed by atoms with E-state index in [0.29, 0.717) is 16.4 Å². The lowest BCUT2D eigenvalue weighted by Crippen LogP contribution is -2.03. The molecule has 0 aliphatic heterocycles. The Hall–Kier alpha value is -3.44. The Kier molecular flexibility index (Phi) is 4.44. The minimum Gasteiger partial charge on any atom is -0.478 e. The molecule has 0 fully saturated rings. The van der Waals surface area contributed by atoms with Crippen LogP contribution in [0.2, 0.25) is 5.02 Å². The molecule has 132 valence electrons. The Morgan fingerprint density at radius 1 is 1.00 bits per heavy atom. The highest BCUT2D eigenvalue weighted by Crippen LogP contribution is 2.28. The van der Waals surface area contributed by atoms with E-state index >= 15 is 0 Å². The number of carbonyl (C=O) groups is 1. The summed E-state index contributed by atoms with van der Waals surface area (Å²) in [6.45, 7) is 0. The van der Waals surface area contributed by atoms with Crippen molar-refractivity contribution in [2.75, 3.05) is 5.32 Å². The summed E-state index contributed by atoms with van der Waals surface area (Å²) in [5.41, 5.74) is 3.95. The normalized spacial score (nSPS) is 10.7. The molecule has 0 bridgehead atoms. The summed E-state index contributed by atoms with van der Waals surface area (Å²) in [6, 6.07) is 18.3. The highest BCUT2D eigenvalue weighted by molar-refractivity contribution is 6.31. The fourth-order valence-corrected chi connectivity index (χ4v) is 3.08. The van der Waals surface area contributed by atoms with Gasteiger partial charge < -0.3 is 10.4 Å². The average Bonchev–Trinajstić information content (AvgIpc) is 2.69. The average molecular weight is 376 g/mol. The van der Waals surface area contributed by atoms with Gasteiger partial charge in [-0.15, -0.1) is 0 Å². The molecule has 0 atom stereocenters. The number of hydrogen-bond acceptors (Lipinski definition) is 4. The van der Waals surface area contributed by atoms with E-state index in [4.69, 9.17) is 11.6 Å². The summed E-state index contributed by atoms with van der Waals surface area (Å²) in [6.07, 6.45) is 3.43. The van der Waals surface area contributed by atoms with Crippen molar-refractivity contribution < 1.29 is 9.90 Å². The van der Waals surface area contributed by atoms with Crippen LogP contribution in [0, 0.1) is 0 Å². The summed E-state index contributed by atoms with van der Waals surface area (Å²) in [5, 5.41) is 13.8. The summed E-state index contributed by atoms with van der Waals surface area (Å²) in [4.78, 5) is 20.3. The van der Waals surface area contributed by atoms with Gasteiger partial charge in [0.05, 0.1) is 34.3 Å². The molecule has 0 radical (unpaired) electrons. The molecule has 2 N–H and O–H groups in total. The van der Waals surface area contributed by atoms with Crippen molar-refractivity contribution in [3.8, 4) is 11.3 Å². The summed E-state index contributed by atoms with van der Waals surface area (Å²) < 4.78 is 0. The standard InChI is InChI=1S/C21H14ClN3O2/c22-13-6-8-20(17(11-13)21(26)27)25-14-7-9-19(24-12-14)15-3-1-5-18-16(15)4-2-10-23-18/h1-12,25H,(H,26,27). The van der Waals surface area contributed by atoms with Crippen LogP contribution in [0.1, 0.15) is 10.4 Å². The van der Waals surface area contributed by atoms with E-state index in [1.807, 2.05) is 42.5 Å². The molecular formula is C21H14ClN3O2. The monoisotopic (exact) mass is 375 g/mol. The number of halogens is 1. The Morgan fingerprint density at radius 3 is 2.67 bits per heavy atom. The van der Waals surface area contributed by atoms with Crippen molar-refractivity contribution in [2.45, 2.75) is 0 Å². The van der Waals surface area contributed by atoms with Gasteiger partial charge in [-0.1, -0.05) is 29.8 Å². The molecule has 6 heteroatoms. The van der Waals surface area contributed by atoms with E-state index in [1.54, 1.807) is 24.5 Å². The zero-order valence-corrected chi connectivity index (χ0v) is 14.8. The zero-order valence-electron chi connectivity index (χ0n) is 14.1. The van der Waals surface area contributed by atoms with Gasteiger partial charge in [0.15, 0.2) is 0 Å². The first-order chi connectivity index (χ1) is 13.1. The van der Waals surface area contributed by atoms with Gasteiger partial charge in [-0.3, -0.25) is 9.97 Å². The molecule has 27 heavy (non-hydrogen) atoms. The Morgan fingerprint density at radius 2 is 1.89 bits per heavy atom. The molecule has 2 aromatic heterocycles. The molecule has 2 aromatic carbocycles. The highest BCUT2D eigenvalue weighted by atomic mass is 35.5. The topological polar surface area (TPSA) is 75.1 Å². The molecule has 5 nitrogen and oxygen atoms in total. The van der Waals surface area contributed by atoms with E-state index in [1.165, 1.54) is 6.07 Å². The predicted molar refractivity (Wildman–Crippen MR) is 107 cm³/mol. The number of pyridine rings is 2. The smallest absolute Gasteiger partial charge is 0.337 e. The molecule has 0 amide bonds. The van der Waals surface area contributed by atoms with Crippen LogP contribution in [0.15, 0.2) is 73.1 Å². The van der Waals surface area contributed by atoms with Crippen LogP contribution in [0.4, 0.5) is 11.4 Å². The van der Waals surface area contributed by atoms with Gasteiger partial charge in [-0.25, -0.2) is 4.79 Å². The molecular weight excluding hydrogens is 362 g/mol. The van der Waals surface area contributed by atoms with Gasteiger partial charge in [0.25, 0.3) is 0 Å². The maximum Gasteiger partial charge on any atom is 0.337 e. The molecule has 0 saturated heterocycles. The third-order valence-corrected chi connectivity index (χ3v) is 4.41. The van der Waals surface area contributed by atoms with Crippen LogP contribution in [-0.4, -0.2) is 21.0 Å². The number of carboxylic acids is 1. The largest absolute Gasteiger partial charge is 0.478 e. The van der Waals surface area contributed by atoms with E-state index < -0.39 is 5.97 Å². The van der Waals surface area contributed by atoms with Gasteiger partial charge in [0.1, 0.15) is 0 Å². The molecule has 0 saturated carbocycles. The lowest BCUT2D eigenvalue weighted by Gasteiger charge is -2.11. The number of nitrogens with one attached hydrogen (secondary N) is 1. The van der Waals surface area contributed by atoms with Gasteiger partial charge in [-0.2, -0.15) is 0 Å². The predicted octanol–water partition coefficient (Wildman–Crippen LogP) is 5.39. The second-order valence-electron chi connectivity index (χ2n) is 5.93. The Labute approximate surface area is 160 Å². The zero-order chi connectivity index (χ0) is 18.8. The number of benzene rings is 2. The molecule has 4 aromatic rings. The van der Waals surface area contributed by atoms with Crippen molar-refractivity contribution in [1.82, 2.24) is 9.97 Å². The molecule has 2 heterocycles. The van der Waals surface area contributed by atoms with Gasteiger partial charge in [-0.05, 0) is 42.5 Å². The van der Waals surface area contributed by atoms with Crippen LogP contribution in [0.5, 0.6) is 0 Å². The number of nitrogens with zero attached hydrogens (tertiary/aromatic N) is 2. The minimum absolute atomic E-state index is 0.103. The van der Waals surface area contributed by atoms with Crippen LogP contribution in [0.3, 0.4) is 0 Å². The molecule has 0 aliphatic carbocycles. The Balaban J connectivity index is 1.66. The SMILES string of the molecule is O=C(O)c1cc(Cl)ccc1Nc1ccc(-c2cccc3ncccc23)nc1. The van der Waals surface area contributed by atoms with Crippen LogP contribution in [-0.2, 0) is 0 Å². The third kappa shape index (κ3) is 3.45. The summed E-state index contributed by atoms with van der Waals surface area (Å²) in [5.74, 6) is -1.05. The first kappa shape index (κ1) is 17.0. The number of carboxylic acid groups (broad SMARTS) is 1. The van der Waals surface area contributed by atoms with E-state index in [9.17, 15) is 9.90 Å². The fourth-order valence-electron chi connectivity index (χ4n) is 2.91. The highest BCUT2D eigenvalue weighted by Gasteiger charge is 2.11. The first-order valence-electron chi connectivity index (χ1n) is 8.22. The van der Waals surface area contributed by atoms with E-state index in [0.717, 1.165) is 22.2 Å². The van der Waals surface area contributed by atoms with E-state index in [-0.39, 0.29) is 5.56 Å². The summed E-state index contributed by atoms with van der Waals surface area (Å²) in [7, 11) is 0. The van der Waals surface area contributed by atoms with Crippen molar-refractivity contribution in [3.63, 3.8) is 0 Å². The van der Waals surface area contributed by atoms with Crippen molar-refractivity contribution in [3.05, 3.63) is 83.6 Å². The second-order valence-corrected chi connectivity index (χ2v) is 6.36. The molecule has 0 spiro atoms. The number of rotatable bonds is 4. The number of aromatic nitrogens is 2. The molecule has 0 aliphatic rings. The maximum absolute atomic E-state index is 11.4. The minimum atomic E-state index is -1.05. The molecule has 4 rings (SSSR count). The van der Waals surface area contributed by atoms with Crippen LogP contribution >= 0.6 is 11.6 Å². The van der Waals surface area contributed by atoms with Crippen molar-refractivity contribution in [2.24, 2.45) is 0 Å². The van der Waals surface area contributed by atoms with Gasteiger partial charge in [0.2, 0.25) is 0 Å². The first-order valence-corrected chi connectivity index (χ1v) is 8.60. The third-order valence-electron chi connectivity index (χ3n) is 4.18. The maximum atomic E-state index is 11.4. The Bertz CT molecular complexity index is 1140. The second kappa shape index (κ2) is 7.05. The van der Waals surface area contributed by atoms with Crippen molar-refractivity contribution in [1.29, 1.82) is 0 Å². The van der Waals surface area contributed by atoms with Crippen molar-refractivity contribution >= 4 is 39.8 Å². The van der Waals surface area contributed by atoms with Crippen LogP contribution < -0.4 is 5.32 Å². The number of hydrogen-bond donors (Lipinski definition) is 2. The lowest BCUT2D eigenvalue weighted by molar-refractivity contribution is 0.0698. The van der Waals surface area contributed by atoms with Gasteiger partial charge in [0, 0.05) is 22.2 Å². The summed E-state index contributed by atoms with van der Waals surface area (Å²) >= 11 is 5.89. The lowest BCUT2D eigenvalue weighted by atomic mass is 10.0. The number of aromatic carboxylic acids is 1. The van der Waals surface area contributed by atoms with Crippen LogP contribution in [0.25, 0.3) is 22.2 Å².